The summed E-state index contributed by atoms with van der Waals surface area (Å²) < 4.78 is 29.2. The van der Waals surface area contributed by atoms with E-state index in [1.807, 2.05) is 0 Å². The minimum Gasteiger partial charge on any atom is -0.434 e. The van der Waals surface area contributed by atoms with Crippen LogP contribution in [0.25, 0.3) is 0 Å². The van der Waals surface area contributed by atoms with Crippen LogP contribution in [-0.2, 0) is 4.79 Å². The molecule has 21 heavy (non-hydrogen) atoms. The van der Waals surface area contributed by atoms with Gasteiger partial charge in [0.1, 0.15) is 5.75 Å². The molecule has 1 fully saturated rings. The average molecular weight is 321 g/mol. The zero-order valence-corrected chi connectivity index (χ0v) is 12.5. The van der Waals surface area contributed by atoms with Gasteiger partial charge in [-0.1, -0.05) is 18.2 Å². The Hall–Kier alpha value is -1.40. The van der Waals surface area contributed by atoms with E-state index in [0.29, 0.717) is 5.56 Å². The Morgan fingerprint density at radius 1 is 1.43 bits per heavy atom. The van der Waals surface area contributed by atoms with Crippen molar-refractivity contribution < 1.29 is 18.3 Å². The maximum Gasteiger partial charge on any atom is 0.387 e. The lowest BCUT2D eigenvalue weighted by Crippen LogP contribution is -2.41. The maximum atomic E-state index is 12.4. The molecule has 1 aromatic rings. The van der Waals surface area contributed by atoms with Crippen LogP contribution in [-0.4, -0.2) is 25.1 Å². The second-order valence-corrected chi connectivity index (χ2v) is 4.80. The molecule has 2 rings (SSSR count). The Labute approximate surface area is 128 Å². The summed E-state index contributed by atoms with van der Waals surface area (Å²) in [5.74, 6) is -0.0171. The highest BCUT2D eigenvalue weighted by atomic mass is 35.5. The molecule has 1 heterocycles. The van der Waals surface area contributed by atoms with Gasteiger partial charge in [0.25, 0.3) is 0 Å². The minimum atomic E-state index is -2.88. The standard InChI is InChI=1S/C14H18F2N2O2.ClH/c1-9(18-13(19)11-6-4-8-17-11)10-5-2-3-7-12(10)20-14(15)16;/h2-3,5,7,9,11,14,17H,4,6,8H2,1H3,(H,18,19);1H. The smallest absolute Gasteiger partial charge is 0.387 e. The highest BCUT2D eigenvalue weighted by Gasteiger charge is 2.24. The predicted molar refractivity (Wildman–Crippen MR) is 77.9 cm³/mol. The number of amides is 1. The summed E-state index contributed by atoms with van der Waals surface area (Å²) >= 11 is 0. The number of hydrogen-bond acceptors (Lipinski definition) is 3. The van der Waals surface area contributed by atoms with Crippen LogP contribution in [0.4, 0.5) is 8.78 Å². The molecule has 1 aliphatic rings. The Morgan fingerprint density at radius 3 is 2.76 bits per heavy atom. The third-order valence-corrected chi connectivity index (χ3v) is 3.34. The lowest BCUT2D eigenvalue weighted by molar-refractivity contribution is -0.123. The first kappa shape index (κ1) is 17.7. The SMILES string of the molecule is CC(NC(=O)C1CCCN1)c1ccccc1OC(F)F.Cl. The van der Waals surface area contributed by atoms with Crippen molar-refractivity contribution in [2.45, 2.75) is 38.5 Å². The molecule has 0 aromatic heterocycles. The zero-order valence-electron chi connectivity index (χ0n) is 11.6. The molecular weight excluding hydrogens is 302 g/mol. The normalized spacial score (nSPS) is 19.0. The van der Waals surface area contributed by atoms with Gasteiger partial charge in [-0.2, -0.15) is 8.78 Å². The Kier molecular flexibility index (Phi) is 6.84. The van der Waals surface area contributed by atoms with E-state index in [-0.39, 0.29) is 36.1 Å². The molecule has 118 valence electrons. The molecule has 2 unspecified atom stereocenters. The summed E-state index contributed by atoms with van der Waals surface area (Å²) in [5.41, 5.74) is 0.541. The number of nitrogens with one attached hydrogen (secondary N) is 2. The average Bonchev–Trinajstić information content (AvgIpc) is 2.92. The summed E-state index contributed by atoms with van der Waals surface area (Å²) in [7, 11) is 0. The molecule has 4 nitrogen and oxygen atoms in total. The molecule has 1 saturated heterocycles. The molecule has 1 aliphatic heterocycles. The molecule has 1 aromatic carbocycles. The minimum absolute atomic E-state index is 0. The highest BCUT2D eigenvalue weighted by Crippen LogP contribution is 2.26. The second kappa shape index (κ2) is 8.14. The fourth-order valence-electron chi connectivity index (χ4n) is 2.34. The van der Waals surface area contributed by atoms with Gasteiger partial charge in [-0.3, -0.25) is 4.79 Å². The summed E-state index contributed by atoms with van der Waals surface area (Å²) in [6, 6.07) is 5.90. The third kappa shape index (κ3) is 4.82. The van der Waals surface area contributed by atoms with Crippen LogP contribution in [0.15, 0.2) is 24.3 Å². The van der Waals surface area contributed by atoms with Crippen LogP contribution in [0, 0.1) is 0 Å². The van der Waals surface area contributed by atoms with E-state index < -0.39 is 6.61 Å². The fraction of sp³-hybridized carbons (Fsp3) is 0.500. The summed E-state index contributed by atoms with van der Waals surface area (Å²) in [6.07, 6.45) is 1.77. The van der Waals surface area contributed by atoms with Gasteiger partial charge in [0.05, 0.1) is 12.1 Å². The number of benzene rings is 1. The molecule has 0 radical (unpaired) electrons. The van der Waals surface area contributed by atoms with Crippen molar-refractivity contribution in [1.29, 1.82) is 0 Å². The van der Waals surface area contributed by atoms with E-state index in [9.17, 15) is 13.6 Å². The molecule has 7 heteroatoms. The molecule has 0 saturated carbocycles. The van der Waals surface area contributed by atoms with E-state index in [0.717, 1.165) is 19.4 Å². The van der Waals surface area contributed by atoms with Crippen molar-refractivity contribution >= 4 is 18.3 Å². The van der Waals surface area contributed by atoms with Crippen LogP contribution in [0.5, 0.6) is 5.75 Å². The number of hydrogen-bond donors (Lipinski definition) is 2. The first-order valence-electron chi connectivity index (χ1n) is 6.65. The Balaban J connectivity index is 0.00000220. The first-order valence-corrected chi connectivity index (χ1v) is 6.65. The predicted octanol–water partition coefficient (Wildman–Crippen LogP) is 2.64. The van der Waals surface area contributed by atoms with Gasteiger partial charge >= 0.3 is 6.61 Å². The monoisotopic (exact) mass is 320 g/mol. The molecule has 0 bridgehead atoms. The van der Waals surface area contributed by atoms with E-state index in [4.69, 9.17) is 0 Å². The highest BCUT2D eigenvalue weighted by molar-refractivity contribution is 5.85. The number of ether oxygens (including phenoxy) is 1. The molecular formula is C14H19ClF2N2O2. The van der Waals surface area contributed by atoms with Crippen LogP contribution >= 0.6 is 12.4 Å². The van der Waals surface area contributed by atoms with E-state index in [1.54, 1.807) is 25.1 Å². The zero-order chi connectivity index (χ0) is 14.5. The van der Waals surface area contributed by atoms with E-state index >= 15 is 0 Å². The van der Waals surface area contributed by atoms with Gasteiger partial charge in [0.2, 0.25) is 5.91 Å². The van der Waals surface area contributed by atoms with Crippen molar-refractivity contribution in [1.82, 2.24) is 10.6 Å². The van der Waals surface area contributed by atoms with Crippen molar-refractivity contribution in [3.63, 3.8) is 0 Å². The molecule has 2 N–H and O–H groups in total. The van der Waals surface area contributed by atoms with Gasteiger partial charge < -0.3 is 15.4 Å². The van der Waals surface area contributed by atoms with Crippen LogP contribution in [0.2, 0.25) is 0 Å². The molecule has 0 aliphatic carbocycles. The van der Waals surface area contributed by atoms with Crippen LogP contribution in [0.1, 0.15) is 31.4 Å². The number of rotatable bonds is 5. The number of halogens is 3. The van der Waals surface area contributed by atoms with Crippen molar-refractivity contribution in [2.24, 2.45) is 0 Å². The lowest BCUT2D eigenvalue weighted by Gasteiger charge is -2.20. The Bertz CT molecular complexity index is 468. The van der Waals surface area contributed by atoms with Gasteiger partial charge in [-0.25, -0.2) is 0 Å². The fourth-order valence-corrected chi connectivity index (χ4v) is 2.34. The number of carbonyl (C=O) groups excluding carboxylic acids is 1. The maximum absolute atomic E-state index is 12.4. The van der Waals surface area contributed by atoms with Crippen LogP contribution in [0.3, 0.4) is 0 Å². The van der Waals surface area contributed by atoms with E-state index in [1.165, 1.54) is 6.07 Å². The largest absolute Gasteiger partial charge is 0.434 e. The number of para-hydroxylation sites is 1. The summed E-state index contributed by atoms with van der Waals surface area (Å²) in [4.78, 5) is 12.0. The number of carbonyl (C=O) groups is 1. The summed E-state index contributed by atoms with van der Waals surface area (Å²) in [6.45, 7) is -0.298. The summed E-state index contributed by atoms with van der Waals surface area (Å²) in [5, 5.41) is 5.92. The topological polar surface area (TPSA) is 50.4 Å². The van der Waals surface area contributed by atoms with Gasteiger partial charge in [-0.15, -0.1) is 12.4 Å². The van der Waals surface area contributed by atoms with Gasteiger partial charge in [0.15, 0.2) is 0 Å². The van der Waals surface area contributed by atoms with Crippen molar-refractivity contribution in [2.75, 3.05) is 6.54 Å². The van der Waals surface area contributed by atoms with E-state index in [2.05, 4.69) is 15.4 Å². The van der Waals surface area contributed by atoms with Gasteiger partial charge in [-0.05, 0) is 32.4 Å². The van der Waals surface area contributed by atoms with Crippen molar-refractivity contribution in [3.05, 3.63) is 29.8 Å². The van der Waals surface area contributed by atoms with Crippen molar-refractivity contribution in [3.8, 4) is 5.75 Å². The molecule has 2 atom stereocenters. The first-order chi connectivity index (χ1) is 9.58. The number of alkyl halides is 2. The molecule has 1 amide bonds. The lowest BCUT2D eigenvalue weighted by atomic mass is 10.1. The second-order valence-electron chi connectivity index (χ2n) is 4.80. The quantitative estimate of drug-likeness (QED) is 0.877. The Morgan fingerprint density at radius 2 is 2.14 bits per heavy atom. The van der Waals surface area contributed by atoms with Gasteiger partial charge in [0, 0.05) is 5.56 Å². The molecule has 0 spiro atoms. The van der Waals surface area contributed by atoms with Crippen LogP contribution < -0.4 is 15.4 Å². The third-order valence-electron chi connectivity index (χ3n) is 3.34.